The maximum absolute atomic E-state index is 2.43. The van der Waals surface area contributed by atoms with E-state index in [2.05, 4.69) is 92.6 Å². The summed E-state index contributed by atoms with van der Waals surface area (Å²) in [6.07, 6.45) is 0. The van der Waals surface area contributed by atoms with Crippen LogP contribution in [0.4, 0.5) is 11.4 Å². The van der Waals surface area contributed by atoms with Crippen molar-refractivity contribution in [1.29, 1.82) is 0 Å². The fourth-order valence-electron chi connectivity index (χ4n) is 2.75. The molecule has 0 aliphatic heterocycles. The van der Waals surface area contributed by atoms with E-state index in [-0.39, 0.29) is 0 Å². The summed E-state index contributed by atoms with van der Waals surface area (Å²) >= 11 is 2.43. The minimum Gasteiger partial charge on any atom is -0.282 e. The van der Waals surface area contributed by atoms with Gasteiger partial charge in [-0.25, -0.2) is 0 Å². The van der Waals surface area contributed by atoms with Crippen molar-refractivity contribution in [2.24, 2.45) is 0 Å². The molecule has 2 heteroatoms. The van der Waals surface area contributed by atoms with Crippen molar-refractivity contribution in [1.82, 2.24) is 0 Å². The summed E-state index contributed by atoms with van der Waals surface area (Å²) in [6, 6.07) is 6.68. The summed E-state index contributed by atoms with van der Waals surface area (Å²) in [5.74, 6) is 0. The molecule has 0 spiro atoms. The normalized spacial score (nSPS) is 10.9. The molecule has 0 saturated carbocycles. The summed E-state index contributed by atoms with van der Waals surface area (Å²) in [5.41, 5.74) is 12.2. The zero-order valence-corrected chi connectivity index (χ0v) is 16.2. The molecule has 0 unspecified atom stereocenters. The molecule has 0 aliphatic rings. The molecule has 1 nitrogen and oxygen atoms in total. The van der Waals surface area contributed by atoms with Crippen LogP contribution < -0.4 is 3.11 Å². The van der Waals surface area contributed by atoms with Gasteiger partial charge in [-0.05, 0) is 99.5 Å². The molecule has 112 valence electrons. The molecule has 0 aliphatic carbocycles. The Morgan fingerprint density at radius 2 is 1.14 bits per heavy atom. The van der Waals surface area contributed by atoms with Gasteiger partial charge in [-0.15, -0.1) is 0 Å². The lowest BCUT2D eigenvalue weighted by molar-refractivity contribution is 1.16. The lowest BCUT2D eigenvalue weighted by Crippen LogP contribution is -2.09. The lowest BCUT2D eigenvalue weighted by atomic mass is 9.93. The van der Waals surface area contributed by atoms with Crippen LogP contribution in [-0.2, 0) is 0 Å². The van der Waals surface area contributed by atoms with Crippen LogP contribution in [0.5, 0.6) is 0 Å². The summed E-state index contributed by atoms with van der Waals surface area (Å²) < 4.78 is 2.30. The van der Waals surface area contributed by atoms with Crippen molar-refractivity contribution >= 4 is 34.2 Å². The van der Waals surface area contributed by atoms with Crippen molar-refractivity contribution in [3.05, 3.63) is 57.1 Å². The van der Waals surface area contributed by atoms with Crippen molar-refractivity contribution in [2.45, 2.75) is 48.5 Å². The summed E-state index contributed by atoms with van der Waals surface area (Å²) in [5, 5.41) is 0. The van der Waals surface area contributed by atoms with Crippen molar-refractivity contribution < 1.29 is 0 Å². The second-order valence-electron chi connectivity index (χ2n) is 6.02. The summed E-state index contributed by atoms with van der Waals surface area (Å²) in [6.45, 7) is 15.5. The van der Waals surface area contributed by atoms with Crippen LogP contribution in [-0.4, -0.2) is 0 Å². The Morgan fingerprint density at radius 1 is 0.667 bits per heavy atom. The highest BCUT2D eigenvalue weighted by atomic mass is 127. The predicted octanol–water partition coefficient (Wildman–Crippen LogP) is 6.33. The first-order chi connectivity index (χ1) is 9.75. The molecule has 21 heavy (non-hydrogen) atoms. The Bertz CT molecular complexity index is 672. The van der Waals surface area contributed by atoms with Gasteiger partial charge in [-0.3, -0.25) is 3.11 Å². The van der Waals surface area contributed by atoms with Crippen LogP contribution in [0.15, 0.2) is 18.2 Å². The molecule has 0 bridgehead atoms. The van der Waals surface area contributed by atoms with Crippen LogP contribution >= 0.6 is 22.9 Å². The van der Waals surface area contributed by atoms with Crippen molar-refractivity contribution in [2.75, 3.05) is 3.11 Å². The van der Waals surface area contributed by atoms with Gasteiger partial charge in [0.25, 0.3) is 0 Å². The van der Waals surface area contributed by atoms with Crippen molar-refractivity contribution in [3.8, 4) is 0 Å². The first-order valence-corrected chi connectivity index (χ1v) is 8.32. The third-order valence-corrected chi connectivity index (χ3v) is 5.91. The van der Waals surface area contributed by atoms with Crippen LogP contribution in [0.25, 0.3) is 0 Å². The third kappa shape index (κ3) is 2.83. The van der Waals surface area contributed by atoms with E-state index in [0.717, 1.165) is 0 Å². The molecule has 2 rings (SSSR count). The maximum atomic E-state index is 2.43. The number of benzene rings is 2. The van der Waals surface area contributed by atoms with Crippen LogP contribution in [0, 0.1) is 48.5 Å². The third-order valence-electron chi connectivity index (χ3n) is 4.87. The van der Waals surface area contributed by atoms with E-state index in [1.54, 1.807) is 0 Å². The van der Waals surface area contributed by atoms with E-state index in [4.69, 9.17) is 0 Å². The standard InChI is InChI=1S/C19H24IN/c1-11-8-9-18(10-12(11)2)21(20)19-16(6)14(4)13(3)15(5)17(19)7/h8-10H,1-7H3. The highest BCUT2D eigenvalue weighted by molar-refractivity contribution is 14.1. The molecule has 0 aromatic heterocycles. The quantitative estimate of drug-likeness (QED) is 0.426. The van der Waals surface area contributed by atoms with Gasteiger partial charge in [0.1, 0.15) is 0 Å². The Morgan fingerprint density at radius 3 is 1.62 bits per heavy atom. The average Bonchev–Trinajstić information content (AvgIpc) is 2.46. The number of hydrogen-bond donors (Lipinski definition) is 0. The zero-order valence-electron chi connectivity index (χ0n) is 14.1. The first kappa shape index (κ1) is 16.3. The van der Waals surface area contributed by atoms with E-state index in [9.17, 15) is 0 Å². The number of aryl methyl sites for hydroxylation is 2. The van der Waals surface area contributed by atoms with Gasteiger partial charge < -0.3 is 0 Å². The number of nitrogens with zero attached hydrogens (tertiary/aromatic N) is 1. The van der Waals surface area contributed by atoms with E-state index < -0.39 is 0 Å². The van der Waals surface area contributed by atoms with E-state index in [1.165, 1.54) is 50.3 Å². The topological polar surface area (TPSA) is 3.24 Å². The number of anilines is 2. The number of rotatable bonds is 2. The predicted molar refractivity (Wildman–Crippen MR) is 102 cm³/mol. The SMILES string of the molecule is Cc1ccc(N(I)c2c(C)c(C)c(C)c(C)c2C)cc1C. The molecular formula is C19H24IN. The second-order valence-corrected chi connectivity index (χ2v) is 6.99. The van der Waals surface area contributed by atoms with Crippen LogP contribution in [0.3, 0.4) is 0 Å². The minimum atomic E-state index is 1.24. The summed E-state index contributed by atoms with van der Waals surface area (Å²) in [4.78, 5) is 0. The molecule has 0 amide bonds. The molecule has 0 saturated heterocycles. The highest BCUT2D eigenvalue weighted by Crippen LogP contribution is 2.39. The average molecular weight is 393 g/mol. The fraction of sp³-hybridized carbons (Fsp3) is 0.368. The molecule has 0 N–H and O–H groups in total. The highest BCUT2D eigenvalue weighted by Gasteiger charge is 2.17. The summed E-state index contributed by atoms with van der Waals surface area (Å²) in [7, 11) is 0. The largest absolute Gasteiger partial charge is 0.282 e. The lowest BCUT2D eigenvalue weighted by Gasteiger charge is -2.26. The van der Waals surface area contributed by atoms with Crippen LogP contribution in [0.2, 0.25) is 0 Å². The molecule has 2 aromatic carbocycles. The van der Waals surface area contributed by atoms with Gasteiger partial charge in [0.15, 0.2) is 0 Å². The minimum absolute atomic E-state index is 1.24. The van der Waals surface area contributed by atoms with Gasteiger partial charge in [0.2, 0.25) is 0 Å². The Balaban J connectivity index is 2.63. The van der Waals surface area contributed by atoms with E-state index in [1.807, 2.05) is 0 Å². The Kier molecular flexibility index (Phi) is 4.66. The van der Waals surface area contributed by atoms with Gasteiger partial charge in [-0.2, -0.15) is 0 Å². The molecule has 0 fully saturated rings. The van der Waals surface area contributed by atoms with E-state index in [0.29, 0.717) is 0 Å². The van der Waals surface area contributed by atoms with Gasteiger partial charge in [0, 0.05) is 0 Å². The van der Waals surface area contributed by atoms with Crippen molar-refractivity contribution in [3.63, 3.8) is 0 Å². The van der Waals surface area contributed by atoms with Crippen LogP contribution in [0.1, 0.15) is 38.9 Å². The molecular weight excluding hydrogens is 369 g/mol. The Hall–Kier alpha value is -1.03. The smallest absolute Gasteiger partial charge is 0.0646 e. The molecule has 0 atom stereocenters. The van der Waals surface area contributed by atoms with Gasteiger partial charge in [-0.1, -0.05) is 6.07 Å². The van der Waals surface area contributed by atoms with E-state index >= 15 is 0 Å². The Labute approximate surface area is 142 Å². The van der Waals surface area contributed by atoms with Gasteiger partial charge in [0.05, 0.1) is 34.2 Å². The maximum Gasteiger partial charge on any atom is 0.0646 e. The molecule has 0 radical (unpaired) electrons. The fourth-order valence-corrected chi connectivity index (χ4v) is 3.78. The number of hydrogen-bond acceptors (Lipinski definition) is 1. The number of halogens is 1. The van der Waals surface area contributed by atoms with Gasteiger partial charge >= 0.3 is 0 Å². The molecule has 0 heterocycles. The molecule has 2 aromatic rings. The second kappa shape index (κ2) is 5.99. The zero-order chi connectivity index (χ0) is 15.9. The monoisotopic (exact) mass is 393 g/mol. The first-order valence-electron chi connectivity index (χ1n) is 7.35.